The summed E-state index contributed by atoms with van der Waals surface area (Å²) in [6.07, 6.45) is 1.48. The van der Waals surface area contributed by atoms with Crippen LogP contribution in [0.2, 0.25) is 4.34 Å². The van der Waals surface area contributed by atoms with Crippen LogP contribution in [0.1, 0.15) is 27.9 Å². The molecule has 0 saturated heterocycles. The summed E-state index contributed by atoms with van der Waals surface area (Å²) in [7, 11) is 0. The smallest absolute Gasteiger partial charge is 0.341 e. The number of halogens is 1. The Kier molecular flexibility index (Phi) is 4.92. The Morgan fingerprint density at radius 1 is 1.50 bits per heavy atom. The van der Waals surface area contributed by atoms with E-state index >= 15 is 0 Å². The molecule has 0 radical (unpaired) electrons. The van der Waals surface area contributed by atoms with Crippen LogP contribution >= 0.6 is 22.9 Å². The fraction of sp³-hybridized carbons (Fsp3) is 0.308. The van der Waals surface area contributed by atoms with E-state index in [-0.39, 0.29) is 0 Å². The van der Waals surface area contributed by atoms with Crippen LogP contribution in [0.3, 0.4) is 0 Å². The monoisotopic (exact) mass is 311 g/mol. The van der Waals surface area contributed by atoms with Gasteiger partial charge in [-0.15, -0.1) is 11.3 Å². The van der Waals surface area contributed by atoms with E-state index in [1.807, 2.05) is 12.1 Å². The van der Waals surface area contributed by atoms with Gasteiger partial charge in [-0.3, -0.25) is 0 Å². The molecule has 2 aromatic rings. The number of carbonyl (C=O) groups excluding carboxylic acids is 1. The molecule has 0 bridgehead atoms. The zero-order valence-electron chi connectivity index (χ0n) is 11.1. The minimum atomic E-state index is -0.401. The van der Waals surface area contributed by atoms with Crippen molar-refractivity contribution in [1.29, 1.82) is 0 Å². The minimum Gasteiger partial charge on any atom is -0.462 e. The highest BCUT2D eigenvalue weighted by atomic mass is 35.5. The molecule has 0 aliphatic heterocycles. The second-order valence-electron chi connectivity index (χ2n) is 3.97. The Balaban J connectivity index is 2.03. The number of nitrogens with one attached hydrogen (secondary N) is 1. The van der Waals surface area contributed by atoms with Crippen molar-refractivity contribution in [3.8, 4) is 0 Å². The van der Waals surface area contributed by atoms with Crippen molar-refractivity contribution < 1.29 is 9.53 Å². The molecule has 0 fully saturated rings. The summed E-state index contributed by atoms with van der Waals surface area (Å²) >= 11 is 7.36. The number of hydrogen-bond donors (Lipinski definition) is 1. The molecule has 106 valence electrons. The zero-order valence-corrected chi connectivity index (χ0v) is 12.7. The van der Waals surface area contributed by atoms with Gasteiger partial charge >= 0.3 is 5.97 Å². The lowest BCUT2D eigenvalue weighted by Gasteiger charge is -2.07. The molecule has 0 unspecified atom stereocenters. The van der Waals surface area contributed by atoms with Crippen LogP contribution in [-0.2, 0) is 11.3 Å². The van der Waals surface area contributed by atoms with Crippen molar-refractivity contribution in [3.63, 3.8) is 0 Å². The van der Waals surface area contributed by atoms with Crippen LogP contribution in [0, 0.1) is 6.92 Å². The standard InChI is InChI=1S/C13H14ClN3O2S/c1-3-19-12(18)10-7-16-13(17-8(10)2)15-6-9-4-5-11(14)20-9/h4-5,7H,3,6H2,1-2H3,(H,15,16,17). The molecule has 7 heteroatoms. The van der Waals surface area contributed by atoms with Gasteiger partial charge in [0.05, 0.1) is 28.7 Å². The predicted molar refractivity (Wildman–Crippen MR) is 79.4 cm³/mol. The first-order valence-electron chi connectivity index (χ1n) is 6.09. The average Bonchev–Trinajstić information content (AvgIpc) is 2.82. The van der Waals surface area contributed by atoms with E-state index in [1.165, 1.54) is 17.5 Å². The number of ether oxygens (including phenoxy) is 1. The number of anilines is 1. The molecule has 2 aromatic heterocycles. The Labute approximate surface area is 126 Å². The van der Waals surface area contributed by atoms with Gasteiger partial charge in [-0.05, 0) is 26.0 Å². The van der Waals surface area contributed by atoms with Crippen LogP contribution in [0.5, 0.6) is 0 Å². The molecule has 0 saturated carbocycles. The van der Waals surface area contributed by atoms with Crippen LogP contribution < -0.4 is 5.32 Å². The second kappa shape index (κ2) is 6.67. The van der Waals surface area contributed by atoms with Gasteiger partial charge < -0.3 is 10.1 Å². The summed E-state index contributed by atoms with van der Waals surface area (Å²) in [4.78, 5) is 21.1. The van der Waals surface area contributed by atoms with Crippen LogP contribution in [-0.4, -0.2) is 22.5 Å². The quantitative estimate of drug-likeness (QED) is 0.858. The summed E-state index contributed by atoms with van der Waals surface area (Å²) in [6, 6.07) is 3.79. The predicted octanol–water partition coefficient (Wildman–Crippen LogP) is 3.29. The molecule has 0 aliphatic rings. The Bertz CT molecular complexity index is 615. The number of rotatable bonds is 5. The maximum atomic E-state index is 11.6. The third kappa shape index (κ3) is 3.68. The van der Waals surface area contributed by atoms with E-state index in [1.54, 1.807) is 13.8 Å². The molecule has 0 aromatic carbocycles. The highest BCUT2D eigenvalue weighted by Crippen LogP contribution is 2.21. The van der Waals surface area contributed by atoms with Crippen molar-refractivity contribution in [2.75, 3.05) is 11.9 Å². The SMILES string of the molecule is CCOC(=O)c1cnc(NCc2ccc(Cl)s2)nc1C. The topological polar surface area (TPSA) is 64.1 Å². The lowest BCUT2D eigenvalue weighted by atomic mass is 10.2. The van der Waals surface area contributed by atoms with Crippen molar-refractivity contribution in [2.45, 2.75) is 20.4 Å². The van der Waals surface area contributed by atoms with E-state index in [0.29, 0.717) is 30.4 Å². The van der Waals surface area contributed by atoms with Gasteiger partial charge in [0.2, 0.25) is 5.95 Å². The van der Waals surface area contributed by atoms with E-state index in [9.17, 15) is 4.79 Å². The Hall–Kier alpha value is -1.66. The maximum absolute atomic E-state index is 11.6. The molecule has 20 heavy (non-hydrogen) atoms. The minimum absolute atomic E-state index is 0.331. The van der Waals surface area contributed by atoms with E-state index < -0.39 is 5.97 Å². The van der Waals surface area contributed by atoms with Gasteiger partial charge in [0, 0.05) is 11.1 Å². The molecule has 2 heterocycles. The normalized spacial score (nSPS) is 10.3. The lowest BCUT2D eigenvalue weighted by molar-refractivity contribution is 0.0524. The van der Waals surface area contributed by atoms with Gasteiger partial charge in [0.1, 0.15) is 0 Å². The lowest BCUT2D eigenvalue weighted by Crippen LogP contribution is -2.11. The molecular weight excluding hydrogens is 298 g/mol. The molecule has 0 amide bonds. The highest BCUT2D eigenvalue weighted by molar-refractivity contribution is 7.16. The Morgan fingerprint density at radius 2 is 2.30 bits per heavy atom. The summed E-state index contributed by atoms with van der Waals surface area (Å²) < 4.78 is 5.68. The first-order chi connectivity index (χ1) is 9.60. The first kappa shape index (κ1) is 14.7. The fourth-order valence-corrected chi connectivity index (χ4v) is 2.60. The van der Waals surface area contributed by atoms with Crippen LogP contribution in [0.25, 0.3) is 0 Å². The summed E-state index contributed by atoms with van der Waals surface area (Å²) in [6.45, 7) is 4.43. The number of aryl methyl sites for hydroxylation is 1. The summed E-state index contributed by atoms with van der Waals surface area (Å²) in [5.74, 6) is 0.0710. The Morgan fingerprint density at radius 3 is 2.90 bits per heavy atom. The van der Waals surface area contributed by atoms with Crippen molar-refractivity contribution >= 4 is 34.9 Å². The number of nitrogens with zero attached hydrogens (tertiary/aromatic N) is 2. The maximum Gasteiger partial charge on any atom is 0.341 e. The molecule has 2 rings (SSSR count). The highest BCUT2D eigenvalue weighted by Gasteiger charge is 2.12. The fourth-order valence-electron chi connectivity index (χ4n) is 1.57. The molecule has 0 aliphatic carbocycles. The number of esters is 1. The zero-order chi connectivity index (χ0) is 14.5. The third-order valence-corrected chi connectivity index (χ3v) is 3.76. The van der Waals surface area contributed by atoms with E-state index in [4.69, 9.17) is 16.3 Å². The summed E-state index contributed by atoms with van der Waals surface area (Å²) in [5, 5.41) is 3.09. The van der Waals surface area contributed by atoms with Gasteiger partial charge in [0.25, 0.3) is 0 Å². The van der Waals surface area contributed by atoms with Gasteiger partial charge in [-0.1, -0.05) is 11.6 Å². The van der Waals surface area contributed by atoms with Gasteiger partial charge in [-0.25, -0.2) is 14.8 Å². The first-order valence-corrected chi connectivity index (χ1v) is 7.28. The number of aromatic nitrogens is 2. The molecule has 0 spiro atoms. The number of thiophene rings is 1. The molecule has 0 atom stereocenters. The summed E-state index contributed by atoms with van der Waals surface area (Å²) in [5.41, 5.74) is 0.974. The third-order valence-electron chi connectivity index (χ3n) is 2.52. The largest absolute Gasteiger partial charge is 0.462 e. The van der Waals surface area contributed by atoms with E-state index in [2.05, 4.69) is 15.3 Å². The number of carbonyl (C=O) groups is 1. The second-order valence-corrected chi connectivity index (χ2v) is 5.77. The van der Waals surface area contributed by atoms with Crippen LogP contribution in [0.4, 0.5) is 5.95 Å². The van der Waals surface area contributed by atoms with Crippen LogP contribution in [0.15, 0.2) is 18.3 Å². The van der Waals surface area contributed by atoms with Crippen molar-refractivity contribution in [1.82, 2.24) is 9.97 Å². The molecular formula is C13H14ClN3O2S. The van der Waals surface area contributed by atoms with Crippen molar-refractivity contribution in [2.24, 2.45) is 0 Å². The van der Waals surface area contributed by atoms with Gasteiger partial charge in [0.15, 0.2) is 0 Å². The molecule has 1 N–H and O–H groups in total. The van der Waals surface area contributed by atoms with Gasteiger partial charge in [-0.2, -0.15) is 0 Å². The molecule has 5 nitrogen and oxygen atoms in total. The van der Waals surface area contributed by atoms with E-state index in [0.717, 1.165) is 9.21 Å². The average molecular weight is 312 g/mol. The number of hydrogen-bond acceptors (Lipinski definition) is 6. The van der Waals surface area contributed by atoms with Crippen molar-refractivity contribution in [3.05, 3.63) is 38.8 Å².